The summed E-state index contributed by atoms with van der Waals surface area (Å²) in [5, 5.41) is 26.3. The monoisotopic (exact) mass is 556 g/mol. The quantitative estimate of drug-likeness (QED) is 0.129. The molecule has 12 nitrogen and oxygen atoms in total. The third-order valence-corrected chi connectivity index (χ3v) is 5.57. The number of hydrogen-bond acceptors (Lipinski definition) is 9. The third-order valence-electron chi connectivity index (χ3n) is 5.57. The van der Waals surface area contributed by atoms with Crippen molar-refractivity contribution in [3.05, 3.63) is 117 Å². The molecule has 1 N–H and O–H groups in total. The Kier molecular flexibility index (Phi) is 9.18. The van der Waals surface area contributed by atoms with Crippen LogP contribution in [0.4, 0.5) is 11.4 Å². The van der Waals surface area contributed by atoms with Gasteiger partial charge in [-0.1, -0.05) is 42.5 Å². The van der Waals surface area contributed by atoms with Crippen LogP contribution >= 0.6 is 0 Å². The fraction of sp³-hybridized carbons (Fsp3) is 0.103. The molecule has 0 saturated heterocycles. The Hall–Kier alpha value is -5.78. The number of carbonyl (C=O) groups is 1. The fourth-order valence-corrected chi connectivity index (χ4v) is 3.66. The van der Waals surface area contributed by atoms with E-state index in [1.807, 2.05) is 42.5 Å². The molecule has 0 saturated carbocycles. The molecule has 0 spiro atoms. The summed E-state index contributed by atoms with van der Waals surface area (Å²) in [7, 11) is 0. The standard InChI is InChI=1S/C29H24N4O8/c1-2-39-28-16-20(8-14-27(28)41-26-15-11-23(32(35)36)17-25(26)33(37)38)18-30-31-29(34)19-40-24-12-9-22(10-13-24)21-6-4-3-5-7-21/h3-18H,2,19H2,1H3,(H,31,34). The minimum absolute atomic E-state index is 0.150. The number of nitro benzene ring substituents is 2. The lowest BCUT2D eigenvalue weighted by Gasteiger charge is -2.12. The molecule has 41 heavy (non-hydrogen) atoms. The van der Waals surface area contributed by atoms with Crippen molar-refractivity contribution >= 4 is 23.5 Å². The van der Waals surface area contributed by atoms with Crippen LogP contribution in [0.1, 0.15) is 12.5 Å². The molecular weight excluding hydrogens is 532 g/mol. The topological polar surface area (TPSA) is 155 Å². The van der Waals surface area contributed by atoms with Crippen LogP contribution in [-0.4, -0.2) is 35.2 Å². The lowest BCUT2D eigenvalue weighted by atomic mass is 10.1. The van der Waals surface area contributed by atoms with Crippen molar-refractivity contribution in [1.29, 1.82) is 0 Å². The van der Waals surface area contributed by atoms with E-state index in [-0.39, 0.29) is 30.5 Å². The largest absolute Gasteiger partial charge is 0.490 e. The maximum atomic E-state index is 12.2. The first-order chi connectivity index (χ1) is 19.8. The first-order valence-electron chi connectivity index (χ1n) is 12.3. The Morgan fingerprint density at radius 3 is 2.22 bits per heavy atom. The molecule has 0 unspecified atom stereocenters. The number of rotatable bonds is 12. The van der Waals surface area contributed by atoms with Crippen LogP contribution in [0.3, 0.4) is 0 Å². The number of nitro groups is 2. The van der Waals surface area contributed by atoms with Gasteiger partial charge in [-0.25, -0.2) is 5.43 Å². The van der Waals surface area contributed by atoms with Crippen LogP contribution in [0.25, 0.3) is 11.1 Å². The number of carbonyl (C=O) groups excluding carboxylic acids is 1. The van der Waals surface area contributed by atoms with Gasteiger partial charge in [-0.3, -0.25) is 25.0 Å². The summed E-state index contributed by atoms with van der Waals surface area (Å²) in [5.41, 5.74) is 4.02. The first kappa shape index (κ1) is 28.2. The van der Waals surface area contributed by atoms with Crippen LogP contribution in [0.15, 0.2) is 96.1 Å². The van der Waals surface area contributed by atoms with Crippen molar-refractivity contribution in [2.75, 3.05) is 13.2 Å². The van der Waals surface area contributed by atoms with Crippen molar-refractivity contribution in [2.45, 2.75) is 6.92 Å². The predicted octanol–water partition coefficient (Wildman–Crippen LogP) is 5.89. The Balaban J connectivity index is 1.36. The lowest BCUT2D eigenvalue weighted by molar-refractivity contribution is -0.394. The average Bonchev–Trinajstić information content (AvgIpc) is 2.98. The van der Waals surface area contributed by atoms with E-state index < -0.39 is 27.1 Å². The Morgan fingerprint density at radius 1 is 0.829 bits per heavy atom. The van der Waals surface area contributed by atoms with E-state index in [4.69, 9.17) is 14.2 Å². The molecule has 0 aliphatic carbocycles. The SMILES string of the molecule is CCOc1cc(C=NNC(=O)COc2ccc(-c3ccccc3)cc2)ccc1Oc1ccc([N+](=O)[O-])cc1[N+](=O)[O-]. The van der Waals surface area contributed by atoms with E-state index in [1.54, 1.807) is 31.2 Å². The van der Waals surface area contributed by atoms with Gasteiger partial charge in [0, 0.05) is 6.07 Å². The molecule has 0 bridgehead atoms. The Morgan fingerprint density at radius 2 is 1.54 bits per heavy atom. The number of nitrogens with zero attached hydrogens (tertiary/aromatic N) is 3. The van der Waals surface area contributed by atoms with Crippen LogP contribution in [0.2, 0.25) is 0 Å². The zero-order valence-corrected chi connectivity index (χ0v) is 21.8. The minimum atomic E-state index is -0.768. The van der Waals surface area contributed by atoms with Gasteiger partial charge in [-0.05, 0) is 60.0 Å². The van der Waals surface area contributed by atoms with Crippen LogP contribution in [0.5, 0.6) is 23.0 Å². The van der Waals surface area contributed by atoms with Gasteiger partial charge in [0.1, 0.15) is 5.75 Å². The zero-order chi connectivity index (χ0) is 29.2. The number of hydrazone groups is 1. The molecule has 0 radical (unpaired) electrons. The molecule has 0 fully saturated rings. The molecule has 0 atom stereocenters. The zero-order valence-electron chi connectivity index (χ0n) is 21.8. The summed E-state index contributed by atoms with van der Waals surface area (Å²) < 4.78 is 16.8. The van der Waals surface area contributed by atoms with Gasteiger partial charge in [0.2, 0.25) is 5.75 Å². The average molecular weight is 557 g/mol. The van der Waals surface area contributed by atoms with E-state index in [2.05, 4.69) is 10.5 Å². The van der Waals surface area contributed by atoms with E-state index in [0.29, 0.717) is 11.3 Å². The normalized spacial score (nSPS) is 10.7. The fourth-order valence-electron chi connectivity index (χ4n) is 3.66. The molecule has 4 aromatic rings. The van der Waals surface area contributed by atoms with Crippen molar-refractivity contribution in [3.8, 4) is 34.1 Å². The molecule has 12 heteroatoms. The number of hydrogen-bond donors (Lipinski definition) is 1. The molecule has 0 aliphatic heterocycles. The molecule has 1 amide bonds. The maximum absolute atomic E-state index is 12.2. The number of non-ortho nitro benzene ring substituents is 1. The van der Waals surface area contributed by atoms with Gasteiger partial charge in [-0.2, -0.15) is 5.10 Å². The number of nitrogens with one attached hydrogen (secondary N) is 1. The highest BCUT2D eigenvalue weighted by Crippen LogP contribution is 2.38. The van der Waals surface area contributed by atoms with Gasteiger partial charge in [0.25, 0.3) is 11.6 Å². The molecule has 4 rings (SSSR count). The number of amides is 1. The van der Waals surface area contributed by atoms with Crippen molar-refractivity contribution < 1.29 is 28.9 Å². The maximum Gasteiger partial charge on any atom is 0.318 e. The smallest absolute Gasteiger partial charge is 0.318 e. The molecule has 0 aliphatic rings. The minimum Gasteiger partial charge on any atom is -0.490 e. The lowest BCUT2D eigenvalue weighted by Crippen LogP contribution is -2.24. The molecule has 0 aromatic heterocycles. The van der Waals surface area contributed by atoms with E-state index in [0.717, 1.165) is 29.3 Å². The summed E-state index contributed by atoms with van der Waals surface area (Å²) in [6.07, 6.45) is 1.38. The molecule has 208 valence electrons. The van der Waals surface area contributed by atoms with Crippen LogP contribution in [-0.2, 0) is 4.79 Å². The van der Waals surface area contributed by atoms with Gasteiger partial charge in [0.05, 0.1) is 28.7 Å². The van der Waals surface area contributed by atoms with Gasteiger partial charge in [-0.15, -0.1) is 0 Å². The molecular formula is C29H24N4O8. The van der Waals surface area contributed by atoms with Crippen molar-refractivity contribution in [1.82, 2.24) is 5.43 Å². The summed E-state index contributed by atoms with van der Waals surface area (Å²) in [6.45, 7) is 1.76. The Labute approximate surface area is 234 Å². The summed E-state index contributed by atoms with van der Waals surface area (Å²) in [5.74, 6) is 0.275. The third kappa shape index (κ3) is 7.63. The second kappa shape index (κ2) is 13.3. The van der Waals surface area contributed by atoms with E-state index >= 15 is 0 Å². The van der Waals surface area contributed by atoms with E-state index in [9.17, 15) is 25.0 Å². The highest BCUT2D eigenvalue weighted by molar-refractivity contribution is 5.83. The predicted molar refractivity (Wildman–Crippen MR) is 151 cm³/mol. The molecule has 0 heterocycles. The van der Waals surface area contributed by atoms with Gasteiger partial charge < -0.3 is 14.2 Å². The summed E-state index contributed by atoms with van der Waals surface area (Å²) >= 11 is 0. The Bertz CT molecular complexity index is 1570. The summed E-state index contributed by atoms with van der Waals surface area (Å²) in [6, 6.07) is 25.0. The van der Waals surface area contributed by atoms with Crippen molar-refractivity contribution in [3.63, 3.8) is 0 Å². The van der Waals surface area contributed by atoms with Crippen LogP contribution in [0, 0.1) is 20.2 Å². The van der Waals surface area contributed by atoms with Gasteiger partial charge in [0.15, 0.2) is 18.1 Å². The highest BCUT2D eigenvalue weighted by Gasteiger charge is 2.22. The first-order valence-corrected chi connectivity index (χ1v) is 12.3. The second-order valence-electron chi connectivity index (χ2n) is 8.38. The highest BCUT2D eigenvalue weighted by atomic mass is 16.6. The summed E-state index contributed by atoms with van der Waals surface area (Å²) in [4.78, 5) is 33.1. The number of ether oxygens (including phenoxy) is 3. The number of benzene rings is 4. The van der Waals surface area contributed by atoms with E-state index in [1.165, 1.54) is 12.3 Å². The molecule has 4 aromatic carbocycles. The van der Waals surface area contributed by atoms with Gasteiger partial charge >= 0.3 is 5.69 Å². The second-order valence-corrected chi connectivity index (χ2v) is 8.38. The van der Waals surface area contributed by atoms with Crippen molar-refractivity contribution in [2.24, 2.45) is 5.10 Å². The van der Waals surface area contributed by atoms with Crippen LogP contribution < -0.4 is 19.6 Å².